The average molecular weight is 301 g/mol. The van der Waals surface area contributed by atoms with Gasteiger partial charge >= 0.3 is 0 Å². The first-order valence-electron chi connectivity index (χ1n) is 6.54. The maximum absolute atomic E-state index is 11.7. The number of fused-ring (bicyclic) bond motifs is 1. The van der Waals surface area contributed by atoms with Crippen molar-refractivity contribution in [2.24, 2.45) is 5.73 Å². The third-order valence-corrected chi connectivity index (χ3v) is 2.97. The van der Waals surface area contributed by atoms with Gasteiger partial charge in [0.1, 0.15) is 17.6 Å². The lowest BCUT2D eigenvalue weighted by molar-refractivity contribution is -0.117. The zero-order valence-corrected chi connectivity index (χ0v) is 12.8. The van der Waals surface area contributed by atoms with E-state index >= 15 is 0 Å². The molecule has 0 bridgehead atoms. The van der Waals surface area contributed by atoms with Crippen LogP contribution in [0.5, 0.6) is 11.5 Å². The van der Waals surface area contributed by atoms with Crippen LogP contribution >= 0.6 is 12.4 Å². The predicted molar refractivity (Wildman–Crippen MR) is 80.9 cm³/mol. The van der Waals surface area contributed by atoms with Crippen molar-refractivity contribution in [1.82, 2.24) is 0 Å². The lowest BCUT2D eigenvalue weighted by Crippen LogP contribution is -2.32. The minimum absolute atomic E-state index is 0. The average Bonchev–Trinajstić information content (AvgIpc) is 2.68. The lowest BCUT2D eigenvalue weighted by Gasteiger charge is -2.14. The molecule has 0 aliphatic carbocycles. The summed E-state index contributed by atoms with van der Waals surface area (Å²) in [6, 6.07) is 3.17. The molecule has 1 heterocycles. The van der Waals surface area contributed by atoms with E-state index in [9.17, 15) is 4.79 Å². The number of nitrogens with two attached hydrogens (primary N) is 1. The van der Waals surface area contributed by atoms with Gasteiger partial charge in [-0.2, -0.15) is 0 Å². The minimum Gasteiger partial charge on any atom is -0.492 e. The van der Waals surface area contributed by atoms with Crippen molar-refractivity contribution in [3.63, 3.8) is 0 Å². The Bertz CT molecular complexity index is 492. The molecule has 1 aromatic carbocycles. The molecular formula is C14H21ClN2O3. The van der Waals surface area contributed by atoms with E-state index in [4.69, 9.17) is 15.2 Å². The second kappa shape index (κ2) is 6.81. The molecule has 2 unspecified atom stereocenters. The van der Waals surface area contributed by atoms with Crippen LogP contribution < -0.4 is 20.5 Å². The minimum atomic E-state index is -0.567. The van der Waals surface area contributed by atoms with Gasteiger partial charge < -0.3 is 20.5 Å². The van der Waals surface area contributed by atoms with Gasteiger partial charge in [-0.1, -0.05) is 0 Å². The Morgan fingerprint density at radius 3 is 2.90 bits per heavy atom. The predicted octanol–water partition coefficient (Wildman–Crippen LogP) is 2.12. The molecule has 3 N–H and O–H groups in total. The topological polar surface area (TPSA) is 73.6 Å². The van der Waals surface area contributed by atoms with Crippen molar-refractivity contribution in [2.75, 3.05) is 11.9 Å². The smallest absolute Gasteiger partial charge is 0.241 e. The van der Waals surface area contributed by atoms with E-state index in [1.807, 2.05) is 26.0 Å². The fourth-order valence-electron chi connectivity index (χ4n) is 2.06. The van der Waals surface area contributed by atoms with E-state index in [0.717, 1.165) is 17.7 Å². The van der Waals surface area contributed by atoms with Crippen LogP contribution in [0.15, 0.2) is 12.1 Å². The van der Waals surface area contributed by atoms with Crippen molar-refractivity contribution in [2.45, 2.75) is 39.3 Å². The monoisotopic (exact) mass is 300 g/mol. The maximum Gasteiger partial charge on any atom is 0.241 e. The maximum atomic E-state index is 11.7. The highest BCUT2D eigenvalue weighted by atomic mass is 35.5. The molecule has 0 aromatic heterocycles. The number of anilines is 1. The van der Waals surface area contributed by atoms with E-state index in [0.29, 0.717) is 18.0 Å². The fraction of sp³-hybridized carbons (Fsp3) is 0.500. The zero-order chi connectivity index (χ0) is 14.0. The number of hydrogen-bond acceptors (Lipinski definition) is 4. The largest absolute Gasteiger partial charge is 0.492 e. The van der Waals surface area contributed by atoms with Gasteiger partial charge in [0, 0.05) is 18.1 Å². The van der Waals surface area contributed by atoms with Crippen LogP contribution in [-0.2, 0) is 11.2 Å². The van der Waals surface area contributed by atoms with E-state index in [2.05, 4.69) is 5.32 Å². The molecule has 5 nitrogen and oxygen atoms in total. The van der Waals surface area contributed by atoms with Gasteiger partial charge in [0.2, 0.25) is 5.91 Å². The van der Waals surface area contributed by atoms with Crippen molar-refractivity contribution < 1.29 is 14.3 Å². The second-order valence-corrected chi connectivity index (χ2v) is 4.80. The van der Waals surface area contributed by atoms with Gasteiger partial charge in [-0.15, -0.1) is 12.4 Å². The van der Waals surface area contributed by atoms with Crippen molar-refractivity contribution in [3.8, 4) is 11.5 Å². The number of rotatable bonds is 4. The Labute approximate surface area is 125 Å². The van der Waals surface area contributed by atoms with Gasteiger partial charge in [0.15, 0.2) is 0 Å². The standard InChI is InChI=1S/C14H20N2O3.ClH/c1-4-18-13-6-10-5-8(2)19-12(10)7-11(13)16-14(17)9(3)15;/h6-9H,4-5,15H2,1-3H3,(H,16,17);1H. The molecular weight excluding hydrogens is 280 g/mol. The first-order chi connectivity index (χ1) is 9.01. The van der Waals surface area contributed by atoms with E-state index in [1.54, 1.807) is 6.92 Å². The molecule has 112 valence electrons. The van der Waals surface area contributed by atoms with Crippen LogP contribution in [0.4, 0.5) is 5.69 Å². The summed E-state index contributed by atoms with van der Waals surface area (Å²) >= 11 is 0. The number of halogens is 1. The van der Waals surface area contributed by atoms with Crippen LogP contribution in [0.1, 0.15) is 26.3 Å². The van der Waals surface area contributed by atoms with Crippen LogP contribution in [0, 0.1) is 0 Å². The molecule has 0 saturated carbocycles. The number of benzene rings is 1. The van der Waals surface area contributed by atoms with E-state index < -0.39 is 6.04 Å². The van der Waals surface area contributed by atoms with Crippen molar-refractivity contribution in [3.05, 3.63) is 17.7 Å². The Balaban J connectivity index is 0.00000200. The Morgan fingerprint density at radius 2 is 2.30 bits per heavy atom. The number of hydrogen-bond donors (Lipinski definition) is 2. The SMILES string of the molecule is CCOc1cc2c(cc1NC(=O)C(C)N)OC(C)C2.Cl. The molecule has 1 aliphatic heterocycles. The number of carbonyl (C=O) groups is 1. The van der Waals surface area contributed by atoms with Crippen LogP contribution in [0.2, 0.25) is 0 Å². The number of ether oxygens (including phenoxy) is 2. The number of amides is 1. The van der Waals surface area contributed by atoms with Gasteiger partial charge in [-0.05, 0) is 26.8 Å². The summed E-state index contributed by atoms with van der Waals surface area (Å²) < 4.78 is 11.3. The van der Waals surface area contributed by atoms with Crippen LogP contribution in [0.25, 0.3) is 0 Å². The fourth-order valence-corrected chi connectivity index (χ4v) is 2.06. The van der Waals surface area contributed by atoms with Crippen LogP contribution in [-0.4, -0.2) is 24.7 Å². The van der Waals surface area contributed by atoms with Crippen molar-refractivity contribution >= 4 is 24.0 Å². The summed E-state index contributed by atoms with van der Waals surface area (Å²) in [5, 5.41) is 2.77. The number of nitrogens with one attached hydrogen (secondary N) is 1. The highest BCUT2D eigenvalue weighted by Crippen LogP contribution is 2.38. The summed E-state index contributed by atoms with van der Waals surface area (Å²) in [5.74, 6) is 1.22. The molecule has 0 radical (unpaired) electrons. The molecule has 1 aromatic rings. The summed E-state index contributed by atoms with van der Waals surface area (Å²) in [7, 11) is 0. The van der Waals surface area contributed by atoms with Gasteiger partial charge in [-0.25, -0.2) is 0 Å². The molecule has 0 fully saturated rings. The molecule has 0 saturated heterocycles. The van der Waals surface area contributed by atoms with Gasteiger partial charge in [0.05, 0.1) is 18.3 Å². The zero-order valence-electron chi connectivity index (χ0n) is 11.9. The molecule has 2 atom stereocenters. The Hall–Kier alpha value is -1.46. The van der Waals surface area contributed by atoms with Gasteiger partial charge in [0.25, 0.3) is 0 Å². The lowest BCUT2D eigenvalue weighted by atomic mass is 10.1. The summed E-state index contributed by atoms with van der Waals surface area (Å²) in [5.41, 5.74) is 7.27. The van der Waals surface area contributed by atoms with Crippen molar-refractivity contribution in [1.29, 1.82) is 0 Å². The molecule has 6 heteroatoms. The van der Waals surface area contributed by atoms with E-state index in [1.165, 1.54) is 0 Å². The quantitative estimate of drug-likeness (QED) is 0.893. The summed E-state index contributed by atoms with van der Waals surface area (Å²) in [6.07, 6.45) is 1.01. The first kappa shape index (κ1) is 16.6. The summed E-state index contributed by atoms with van der Waals surface area (Å²) in [6.45, 7) is 6.10. The molecule has 1 amide bonds. The summed E-state index contributed by atoms with van der Waals surface area (Å²) in [4.78, 5) is 11.7. The molecule has 0 spiro atoms. The third-order valence-electron chi connectivity index (χ3n) is 2.97. The van der Waals surface area contributed by atoms with Crippen LogP contribution in [0.3, 0.4) is 0 Å². The highest BCUT2D eigenvalue weighted by molar-refractivity contribution is 5.96. The normalized spacial score (nSPS) is 17.5. The first-order valence-corrected chi connectivity index (χ1v) is 6.54. The molecule has 2 rings (SSSR count). The van der Waals surface area contributed by atoms with E-state index in [-0.39, 0.29) is 24.4 Å². The molecule has 1 aliphatic rings. The Morgan fingerprint density at radius 1 is 1.60 bits per heavy atom. The Kier molecular flexibility index (Phi) is 5.65. The number of carbonyl (C=O) groups excluding carboxylic acids is 1. The second-order valence-electron chi connectivity index (χ2n) is 4.80. The third kappa shape index (κ3) is 3.55. The van der Waals surface area contributed by atoms with Gasteiger partial charge in [-0.3, -0.25) is 4.79 Å². The highest BCUT2D eigenvalue weighted by Gasteiger charge is 2.22. The molecule has 20 heavy (non-hydrogen) atoms.